The molecule has 1 saturated heterocycles. The van der Waals surface area contributed by atoms with Gasteiger partial charge in [-0.2, -0.15) is 0 Å². The van der Waals surface area contributed by atoms with E-state index in [1.807, 2.05) is 49.1 Å². The van der Waals surface area contributed by atoms with Crippen LogP contribution in [-0.4, -0.2) is 27.0 Å². The molecule has 0 N–H and O–H groups in total. The highest BCUT2D eigenvalue weighted by Gasteiger charge is 2.49. The predicted octanol–water partition coefficient (Wildman–Crippen LogP) is 4.05. The first kappa shape index (κ1) is 16.5. The van der Waals surface area contributed by atoms with Crippen LogP contribution in [0.5, 0.6) is 0 Å². The Morgan fingerprint density at radius 1 is 1.08 bits per heavy atom. The number of β-lactam (4-membered cyclic amide) rings is 1. The Hall–Kier alpha value is -2.34. The smallest absolute Gasteiger partial charge is 0.269 e. The second-order valence-corrected chi connectivity index (χ2v) is 7.20. The minimum Gasteiger partial charge on any atom is -0.331 e. The lowest BCUT2D eigenvalue weighted by atomic mass is 9.91. The van der Waals surface area contributed by atoms with Gasteiger partial charge in [0.25, 0.3) is 5.69 Å². The van der Waals surface area contributed by atoms with Gasteiger partial charge >= 0.3 is 0 Å². The molecule has 2 aromatic carbocycles. The van der Waals surface area contributed by atoms with Crippen molar-refractivity contribution in [2.24, 2.45) is 0 Å². The van der Waals surface area contributed by atoms with E-state index >= 15 is 0 Å². The van der Waals surface area contributed by atoms with Crippen molar-refractivity contribution in [2.45, 2.75) is 36.1 Å². The van der Waals surface area contributed by atoms with Gasteiger partial charge in [-0.15, -0.1) is 11.8 Å². The molecule has 6 heteroatoms. The minimum atomic E-state index is -0.411. The average molecular weight is 342 g/mol. The van der Waals surface area contributed by atoms with E-state index in [1.54, 1.807) is 23.9 Å². The molecular weight excluding hydrogens is 324 g/mol. The number of benzene rings is 2. The van der Waals surface area contributed by atoms with Crippen molar-refractivity contribution in [2.75, 3.05) is 0 Å². The number of hydrogen-bond acceptors (Lipinski definition) is 4. The third-order valence-electron chi connectivity index (χ3n) is 4.09. The monoisotopic (exact) mass is 342 g/mol. The van der Waals surface area contributed by atoms with Crippen molar-refractivity contribution in [3.05, 3.63) is 70.3 Å². The van der Waals surface area contributed by atoms with Crippen LogP contribution in [0, 0.1) is 10.1 Å². The summed E-state index contributed by atoms with van der Waals surface area (Å²) in [6.45, 7) is 3.97. The number of amides is 1. The van der Waals surface area contributed by atoms with E-state index < -0.39 is 4.92 Å². The summed E-state index contributed by atoms with van der Waals surface area (Å²) in [5.74, 6) is 0.113. The summed E-state index contributed by atoms with van der Waals surface area (Å²) in [7, 11) is 0. The molecule has 24 heavy (non-hydrogen) atoms. The zero-order valence-electron chi connectivity index (χ0n) is 13.5. The standard InChI is InChI=1S/C18H18N2O3S/c1-12(2)19-16(13-8-10-14(11-9-13)20(22)23)17(18(19)21)24-15-6-4-3-5-7-15/h3-12,16-17H,1-2H3/t16-,17+/m0/s1. The molecule has 124 valence electrons. The number of nitrogens with zero attached hydrogens (tertiary/aromatic N) is 2. The number of carbonyl (C=O) groups excluding carboxylic acids is 1. The summed E-state index contributed by atoms with van der Waals surface area (Å²) >= 11 is 1.55. The van der Waals surface area contributed by atoms with Crippen LogP contribution >= 0.6 is 11.8 Å². The second kappa shape index (κ2) is 6.65. The maximum atomic E-state index is 12.6. The first-order chi connectivity index (χ1) is 11.5. The first-order valence-electron chi connectivity index (χ1n) is 7.77. The third kappa shape index (κ3) is 3.01. The van der Waals surface area contributed by atoms with Crippen LogP contribution in [-0.2, 0) is 4.79 Å². The van der Waals surface area contributed by atoms with Crippen molar-refractivity contribution >= 4 is 23.4 Å². The molecule has 3 rings (SSSR count). The van der Waals surface area contributed by atoms with Crippen LogP contribution in [0.3, 0.4) is 0 Å². The van der Waals surface area contributed by atoms with Gasteiger partial charge in [0.2, 0.25) is 5.91 Å². The van der Waals surface area contributed by atoms with Crippen molar-refractivity contribution in [1.82, 2.24) is 4.90 Å². The molecule has 0 aromatic heterocycles. The maximum Gasteiger partial charge on any atom is 0.269 e. The zero-order chi connectivity index (χ0) is 17.3. The van der Waals surface area contributed by atoms with Crippen molar-refractivity contribution in [1.29, 1.82) is 0 Å². The van der Waals surface area contributed by atoms with E-state index in [0.29, 0.717) is 0 Å². The molecule has 0 bridgehead atoms. The molecule has 1 aliphatic rings. The zero-order valence-corrected chi connectivity index (χ0v) is 14.3. The molecule has 5 nitrogen and oxygen atoms in total. The Morgan fingerprint density at radius 3 is 2.25 bits per heavy atom. The molecule has 0 unspecified atom stereocenters. The topological polar surface area (TPSA) is 63.5 Å². The quantitative estimate of drug-likeness (QED) is 0.467. The Balaban J connectivity index is 1.88. The number of likely N-dealkylation sites (tertiary alicyclic amines) is 1. The van der Waals surface area contributed by atoms with Gasteiger partial charge in [-0.3, -0.25) is 14.9 Å². The van der Waals surface area contributed by atoms with E-state index in [-0.39, 0.29) is 28.9 Å². The molecule has 1 fully saturated rings. The lowest BCUT2D eigenvalue weighted by Gasteiger charge is -2.49. The number of hydrogen-bond donors (Lipinski definition) is 0. The van der Waals surface area contributed by atoms with E-state index in [2.05, 4.69) is 0 Å². The van der Waals surface area contributed by atoms with Gasteiger partial charge in [-0.25, -0.2) is 0 Å². The summed E-state index contributed by atoms with van der Waals surface area (Å²) in [6, 6.07) is 16.4. The van der Waals surface area contributed by atoms with Gasteiger partial charge < -0.3 is 4.90 Å². The highest BCUT2D eigenvalue weighted by molar-refractivity contribution is 8.00. The van der Waals surface area contributed by atoms with Gasteiger partial charge in [-0.05, 0) is 31.5 Å². The fourth-order valence-electron chi connectivity index (χ4n) is 2.95. The third-order valence-corrected chi connectivity index (χ3v) is 5.35. The second-order valence-electron chi connectivity index (χ2n) is 5.98. The summed E-state index contributed by atoms with van der Waals surface area (Å²) in [6.07, 6.45) is 0. The lowest BCUT2D eigenvalue weighted by molar-refractivity contribution is -0.384. The number of thioether (sulfide) groups is 1. The number of rotatable bonds is 5. The number of non-ortho nitro benzene ring substituents is 1. The molecule has 1 heterocycles. The van der Waals surface area contributed by atoms with Crippen LogP contribution in [0.25, 0.3) is 0 Å². The van der Waals surface area contributed by atoms with Crippen LogP contribution in [0.2, 0.25) is 0 Å². The minimum absolute atomic E-state index is 0.0627. The lowest BCUT2D eigenvalue weighted by Crippen LogP contribution is -2.59. The molecule has 1 amide bonds. The van der Waals surface area contributed by atoms with E-state index in [4.69, 9.17) is 0 Å². The maximum absolute atomic E-state index is 12.6. The van der Waals surface area contributed by atoms with Crippen LogP contribution < -0.4 is 0 Å². The van der Waals surface area contributed by atoms with Crippen molar-refractivity contribution in [3.63, 3.8) is 0 Å². The van der Waals surface area contributed by atoms with E-state index in [0.717, 1.165) is 10.5 Å². The molecule has 2 atom stereocenters. The van der Waals surface area contributed by atoms with E-state index in [9.17, 15) is 14.9 Å². The fraction of sp³-hybridized carbons (Fsp3) is 0.278. The number of carbonyl (C=O) groups is 1. The molecule has 0 radical (unpaired) electrons. The molecular formula is C18H18N2O3S. The van der Waals surface area contributed by atoms with Gasteiger partial charge in [0, 0.05) is 23.1 Å². The van der Waals surface area contributed by atoms with Gasteiger partial charge in [-0.1, -0.05) is 30.3 Å². The van der Waals surface area contributed by atoms with Gasteiger partial charge in [0.05, 0.1) is 11.0 Å². The Morgan fingerprint density at radius 2 is 1.71 bits per heavy atom. The van der Waals surface area contributed by atoms with Crippen molar-refractivity contribution < 1.29 is 9.72 Å². The molecule has 0 spiro atoms. The summed E-state index contributed by atoms with van der Waals surface area (Å²) in [5, 5.41) is 10.6. The highest BCUT2D eigenvalue weighted by Crippen LogP contribution is 2.46. The van der Waals surface area contributed by atoms with Crippen LogP contribution in [0.1, 0.15) is 25.5 Å². The van der Waals surface area contributed by atoms with Crippen LogP contribution in [0.15, 0.2) is 59.5 Å². The largest absolute Gasteiger partial charge is 0.331 e. The van der Waals surface area contributed by atoms with Gasteiger partial charge in [0.1, 0.15) is 5.25 Å². The molecule has 2 aromatic rings. The summed E-state index contributed by atoms with van der Waals surface area (Å²) in [5.41, 5.74) is 0.995. The number of nitro groups is 1. The normalized spacial score (nSPS) is 20.1. The SMILES string of the molecule is CC(C)N1C(=O)[C@H](Sc2ccccc2)[C@@H]1c1ccc([N+](=O)[O-])cc1. The molecule has 0 aliphatic carbocycles. The van der Waals surface area contributed by atoms with Crippen LogP contribution in [0.4, 0.5) is 5.69 Å². The summed E-state index contributed by atoms with van der Waals surface area (Å²) < 4.78 is 0. The van der Waals surface area contributed by atoms with E-state index in [1.165, 1.54) is 12.1 Å². The Kier molecular flexibility index (Phi) is 4.57. The van der Waals surface area contributed by atoms with Gasteiger partial charge in [0.15, 0.2) is 0 Å². The summed E-state index contributed by atoms with van der Waals surface area (Å²) in [4.78, 5) is 25.9. The Bertz CT molecular complexity index is 747. The highest BCUT2D eigenvalue weighted by atomic mass is 32.2. The molecule has 1 aliphatic heterocycles. The Labute approximate surface area is 144 Å². The molecule has 0 saturated carbocycles. The van der Waals surface area contributed by atoms with Crippen molar-refractivity contribution in [3.8, 4) is 0 Å². The predicted molar refractivity (Wildman–Crippen MR) is 93.9 cm³/mol. The first-order valence-corrected chi connectivity index (χ1v) is 8.65. The number of nitro benzene ring substituents is 1. The fourth-order valence-corrected chi connectivity index (χ4v) is 4.19. The average Bonchev–Trinajstić information content (AvgIpc) is 2.58.